The standard InChI is InChI=1S/C23H21FN4O3/c1-29-20-8-14(12-28-13-27-18-9-17(24)11-26-23(18)28)7-15-3-5-19(31-22(15)20)16-4-6-21(30-2)25-10-16/h4,6-11,13,19H,3,5,12H2,1-2H3. The molecule has 0 saturated carbocycles. The summed E-state index contributed by atoms with van der Waals surface area (Å²) in [6, 6.07) is 9.28. The van der Waals surface area contributed by atoms with E-state index >= 15 is 0 Å². The Morgan fingerprint density at radius 3 is 2.77 bits per heavy atom. The number of benzene rings is 1. The van der Waals surface area contributed by atoms with Crippen LogP contribution in [0.15, 0.2) is 49.1 Å². The Balaban J connectivity index is 1.42. The number of hydrogen-bond donors (Lipinski definition) is 0. The van der Waals surface area contributed by atoms with Crippen LogP contribution < -0.4 is 14.2 Å². The van der Waals surface area contributed by atoms with E-state index in [2.05, 4.69) is 21.0 Å². The largest absolute Gasteiger partial charge is 0.493 e. The van der Waals surface area contributed by atoms with Crippen molar-refractivity contribution in [2.45, 2.75) is 25.5 Å². The molecule has 158 valence electrons. The van der Waals surface area contributed by atoms with Crippen LogP contribution in [0.5, 0.6) is 17.4 Å². The first-order valence-corrected chi connectivity index (χ1v) is 9.97. The van der Waals surface area contributed by atoms with Gasteiger partial charge in [0.2, 0.25) is 5.88 Å². The lowest BCUT2D eigenvalue weighted by Crippen LogP contribution is -2.16. The molecular weight excluding hydrogens is 399 g/mol. The summed E-state index contributed by atoms with van der Waals surface area (Å²) in [5.74, 6) is 1.62. The van der Waals surface area contributed by atoms with E-state index in [1.54, 1.807) is 26.7 Å². The predicted molar refractivity (Wildman–Crippen MR) is 112 cm³/mol. The van der Waals surface area contributed by atoms with Gasteiger partial charge in [-0.05, 0) is 36.1 Å². The van der Waals surface area contributed by atoms with E-state index in [1.165, 1.54) is 12.3 Å². The number of halogens is 1. The number of imidazole rings is 1. The number of pyridine rings is 2. The van der Waals surface area contributed by atoms with E-state index in [0.29, 0.717) is 29.3 Å². The molecule has 0 N–H and O–H groups in total. The Kier molecular flexibility index (Phi) is 4.89. The Hall–Kier alpha value is -3.68. The average Bonchev–Trinajstić information content (AvgIpc) is 3.19. The Bertz CT molecular complexity index is 1220. The van der Waals surface area contributed by atoms with E-state index in [9.17, 15) is 4.39 Å². The molecule has 0 saturated heterocycles. The quantitative estimate of drug-likeness (QED) is 0.484. The molecule has 1 aliphatic heterocycles. The normalized spacial score (nSPS) is 15.4. The van der Waals surface area contributed by atoms with Crippen LogP contribution >= 0.6 is 0 Å². The molecule has 0 aliphatic carbocycles. The molecule has 1 aliphatic rings. The lowest BCUT2D eigenvalue weighted by Gasteiger charge is -2.28. The Labute approximate surface area is 178 Å². The second-order valence-electron chi connectivity index (χ2n) is 7.43. The van der Waals surface area contributed by atoms with E-state index < -0.39 is 5.82 Å². The van der Waals surface area contributed by atoms with Crippen LogP contribution in [0.3, 0.4) is 0 Å². The van der Waals surface area contributed by atoms with E-state index in [0.717, 1.165) is 35.3 Å². The number of aryl methyl sites for hydroxylation is 1. The lowest BCUT2D eigenvalue weighted by molar-refractivity contribution is 0.168. The van der Waals surface area contributed by atoms with Gasteiger partial charge in [0.25, 0.3) is 0 Å². The van der Waals surface area contributed by atoms with Crippen molar-refractivity contribution in [1.82, 2.24) is 19.5 Å². The number of rotatable bonds is 5. The van der Waals surface area contributed by atoms with Gasteiger partial charge in [0.1, 0.15) is 17.4 Å². The second kappa shape index (κ2) is 7.86. The zero-order chi connectivity index (χ0) is 21.4. The van der Waals surface area contributed by atoms with Crippen LogP contribution in [-0.2, 0) is 13.0 Å². The summed E-state index contributed by atoms with van der Waals surface area (Å²) >= 11 is 0. The maximum absolute atomic E-state index is 13.4. The third-order valence-electron chi connectivity index (χ3n) is 5.46. The third kappa shape index (κ3) is 3.65. The minimum absolute atomic E-state index is 0.0951. The molecule has 4 aromatic rings. The van der Waals surface area contributed by atoms with Crippen LogP contribution in [0, 0.1) is 5.82 Å². The molecular formula is C23H21FN4O3. The van der Waals surface area contributed by atoms with Crippen LogP contribution in [-0.4, -0.2) is 33.7 Å². The first-order chi connectivity index (χ1) is 15.1. The van der Waals surface area contributed by atoms with Gasteiger partial charge in [-0.3, -0.25) is 0 Å². The smallest absolute Gasteiger partial charge is 0.212 e. The zero-order valence-corrected chi connectivity index (χ0v) is 17.2. The molecule has 8 heteroatoms. The van der Waals surface area contributed by atoms with Crippen molar-refractivity contribution in [3.8, 4) is 17.4 Å². The van der Waals surface area contributed by atoms with Gasteiger partial charge in [0.15, 0.2) is 17.1 Å². The topological polar surface area (TPSA) is 71.3 Å². The summed E-state index contributed by atoms with van der Waals surface area (Å²) in [6.45, 7) is 0.546. The van der Waals surface area contributed by atoms with Crippen molar-refractivity contribution in [2.75, 3.05) is 14.2 Å². The second-order valence-corrected chi connectivity index (χ2v) is 7.43. The van der Waals surface area contributed by atoms with Crippen LogP contribution in [0.4, 0.5) is 4.39 Å². The molecule has 0 bridgehead atoms. The fraction of sp³-hybridized carbons (Fsp3) is 0.261. The van der Waals surface area contributed by atoms with E-state index in [1.807, 2.05) is 22.8 Å². The SMILES string of the molecule is COc1ccc(C2CCc3cc(Cn4cnc5cc(F)cnc54)cc(OC)c3O2)cn1. The fourth-order valence-corrected chi connectivity index (χ4v) is 3.95. The van der Waals surface area contributed by atoms with Gasteiger partial charge in [-0.2, -0.15) is 0 Å². The fourth-order valence-electron chi connectivity index (χ4n) is 3.95. The molecule has 3 aromatic heterocycles. The molecule has 7 nitrogen and oxygen atoms in total. The van der Waals surface area contributed by atoms with Gasteiger partial charge in [0.05, 0.1) is 33.3 Å². The molecule has 4 heterocycles. The number of nitrogens with zero attached hydrogens (tertiary/aromatic N) is 4. The molecule has 0 radical (unpaired) electrons. The molecule has 5 rings (SSSR count). The first-order valence-electron chi connectivity index (χ1n) is 9.97. The molecule has 1 aromatic carbocycles. The summed E-state index contributed by atoms with van der Waals surface area (Å²) in [6.07, 6.45) is 6.26. The van der Waals surface area contributed by atoms with Gasteiger partial charge < -0.3 is 18.8 Å². The summed E-state index contributed by atoms with van der Waals surface area (Å²) in [5, 5.41) is 0. The van der Waals surface area contributed by atoms with Crippen LogP contribution in [0.25, 0.3) is 11.2 Å². The molecule has 1 atom stereocenters. The van der Waals surface area contributed by atoms with Crippen LogP contribution in [0.1, 0.15) is 29.2 Å². The number of methoxy groups -OCH3 is 2. The van der Waals surface area contributed by atoms with Gasteiger partial charge in [0, 0.05) is 23.9 Å². The molecule has 1 unspecified atom stereocenters. The minimum Gasteiger partial charge on any atom is -0.493 e. The summed E-state index contributed by atoms with van der Waals surface area (Å²) < 4.78 is 32.4. The Morgan fingerprint density at radius 1 is 1.10 bits per heavy atom. The van der Waals surface area contributed by atoms with Crippen molar-refractivity contribution in [1.29, 1.82) is 0 Å². The van der Waals surface area contributed by atoms with Crippen molar-refractivity contribution in [2.24, 2.45) is 0 Å². The lowest BCUT2D eigenvalue weighted by atomic mass is 9.96. The highest BCUT2D eigenvalue weighted by atomic mass is 19.1. The maximum Gasteiger partial charge on any atom is 0.212 e. The van der Waals surface area contributed by atoms with Gasteiger partial charge >= 0.3 is 0 Å². The highest BCUT2D eigenvalue weighted by Crippen LogP contribution is 2.42. The molecule has 31 heavy (non-hydrogen) atoms. The molecule has 0 fully saturated rings. The van der Waals surface area contributed by atoms with Crippen molar-refractivity contribution < 1.29 is 18.6 Å². The number of hydrogen-bond acceptors (Lipinski definition) is 6. The summed E-state index contributed by atoms with van der Waals surface area (Å²) in [7, 11) is 3.23. The predicted octanol–water partition coefficient (Wildman–Crippen LogP) is 4.10. The highest BCUT2D eigenvalue weighted by molar-refractivity contribution is 5.70. The van der Waals surface area contributed by atoms with E-state index in [4.69, 9.17) is 14.2 Å². The first kappa shape index (κ1) is 19.3. The van der Waals surface area contributed by atoms with Crippen molar-refractivity contribution in [3.63, 3.8) is 0 Å². The minimum atomic E-state index is -0.396. The molecule has 0 amide bonds. The summed E-state index contributed by atoms with van der Waals surface area (Å²) in [5.41, 5.74) is 4.30. The summed E-state index contributed by atoms with van der Waals surface area (Å²) in [4.78, 5) is 12.7. The van der Waals surface area contributed by atoms with Crippen molar-refractivity contribution in [3.05, 3.63) is 71.6 Å². The van der Waals surface area contributed by atoms with Gasteiger partial charge in [-0.1, -0.05) is 6.07 Å². The third-order valence-corrected chi connectivity index (χ3v) is 5.46. The molecule has 0 spiro atoms. The number of fused-ring (bicyclic) bond motifs is 2. The van der Waals surface area contributed by atoms with Gasteiger partial charge in [-0.15, -0.1) is 0 Å². The monoisotopic (exact) mass is 420 g/mol. The number of ether oxygens (including phenoxy) is 3. The van der Waals surface area contributed by atoms with Crippen molar-refractivity contribution >= 4 is 11.2 Å². The maximum atomic E-state index is 13.4. The van der Waals surface area contributed by atoms with Gasteiger partial charge in [-0.25, -0.2) is 19.3 Å². The zero-order valence-electron chi connectivity index (χ0n) is 17.2. The number of aromatic nitrogens is 4. The van der Waals surface area contributed by atoms with Crippen LogP contribution in [0.2, 0.25) is 0 Å². The van der Waals surface area contributed by atoms with E-state index in [-0.39, 0.29) is 6.10 Å². The average molecular weight is 420 g/mol. The highest BCUT2D eigenvalue weighted by Gasteiger charge is 2.25. The Morgan fingerprint density at radius 2 is 2.00 bits per heavy atom.